The maximum atomic E-state index is 11.5. The number of nitrogens with zero attached hydrogens (tertiary/aromatic N) is 2. The van der Waals surface area contributed by atoms with E-state index in [0.29, 0.717) is 12.0 Å². The average Bonchev–Trinajstić information content (AvgIpc) is 2.58. The van der Waals surface area contributed by atoms with Gasteiger partial charge in [0, 0.05) is 17.6 Å². The van der Waals surface area contributed by atoms with Crippen LogP contribution in [0.15, 0.2) is 12.1 Å². The molecular weight excluding hydrogens is 268 g/mol. The molecule has 1 aromatic carbocycles. The largest absolute Gasteiger partial charge is 0.295 e. The van der Waals surface area contributed by atoms with Gasteiger partial charge in [0.25, 0.3) is 5.69 Å². The molecule has 0 aliphatic carbocycles. The van der Waals surface area contributed by atoms with Gasteiger partial charge in [0.05, 0.1) is 11.2 Å². The number of hydrogen-bond donors (Lipinski definition) is 0. The predicted octanol–water partition coefficient (Wildman–Crippen LogP) is 1.57. The molecule has 0 bridgehead atoms. The van der Waals surface area contributed by atoms with Crippen molar-refractivity contribution in [2.24, 2.45) is 0 Å². The second kappa shape index (κ2) is 3.85. The predicted molar refractivity (Wildman–Crippen MR) is 64.0 cm³/mol. The quantitative estimate of drug-likeness (QED) is 0.606. The van der Waals surface area contributed by atoms with E-state index in [1.165, 1.54) is 6.07 Å². The van der Waals surface area contributed by atoms with E-state index in [9.17, 15) is 18.5 Å². The van der Waals surface area contributed by atoms with Gasteiger partial charge in [-0.05, 0) is 18.1 Å². The normalized spacial score (nSPS) is 14.8. The summed E-state index contributed by atoms with van der Waals surface area (Å²) in [6.45, 7) is 0.218. The molecule has 2 rings (SSSR count). The lowest BCUT2D eigenvalue weighted by Crippen LogP contribution is -2.28. The van der Waals surface area contributed by atoms with Crippen molar-refractivity contribution in [3.63, 3.8) is 0 Å². The van der Waals surface area contributed by atoms with E-state index in [4.69, 9.17) is 11.6 Å². The van der Waals surface area contributed by atoms with Crippen molar-refractivity contribution in [3.8, 4) is 0 Å². The van der Waals surface area contributed by atoms with E-state index in [0.717, 1.165) is 10.6 Å². The van der Waals surface area contributed by atoms with Crippen molar-refractivity contribution >= 4 is 33.0 Å². The Kier molecular flexibility index (Phi) is 2.75. The monoisotopic (exact) mass is 276 g/mol. The van der Waals surface area contributed by atoms with E-state index in [-0.39, 0.29) is 22.9 Å². The fourth-order valence-corrected chi connectivity index (χ4v) is 3.12. The molecule has 17 heavy (non-hydrogen) atoms. The number of nitro groups is 1. The van der Waals surface area contributed by atoms with Crippen LogP contribution in [0.4, 0.5) is 11.4 Å². The Morgan fingerprint density at radius 1 is 1.47 bits per heavy atom. The van der Waals surface area contributed by atoms with Crippen molar-refractivity contribution in [3.05, 3.63) is 32.8 Å². The Balaban J connectivity index is 2.70. The number of benzene rings is 1. The molecule has 0 fully saturated rings. The van der Waals surface area contributed by atoms with Gasteiger partial charge < -0.3 is 0 Å². The van der Waals surface area contributed by atoms with Crippen LogP contribution in [0.2, 0.25) is 5.02 Å². The Morgan fingerprint density at radius 3 is 2.65 bits per heavy atom. The summed E-state index contributed by atoms with van der Waals surface area (Å²) < 4.78 is 24.1. The minimum atomic E-state index is -3.50. The van der Waals surface area contributed by atoms with Gasteiger partial charge in [-0.2, -0.15) is 0 Å². The van der Waals surface area contributed by atoms with Crippen LogP contribution in [0.3, 0.4) is 0 Å². The zero-order chi connectivity index (χ0) is 12.8. The third kappa shape index (κ3) is 2.07. The molecule has 0 unspecified atom stereocenters. The molecule has 0 saturated heterocycles. The molecule has 92 valence electrons. The maximum Gasteiger partial charge on any atom is 0.295 e. The number of sulfonamides is 1. The maximum absolute atomic E-state index is 11.5. The Labute approximate surface area is 103 Å². The lowest BCUT2D eigenvalue weighted by atomic mass is 10.1. The second-order valence-corrected chi connectivity index (χ2v) is 6.12. The Bertz CT molecular complexity index is 599. The first-order valence-electron chi connectivity index (χ1n) is 4.75. The van der Waals surface area contributed by atoms with Crippen molar-refractivity contribution < 1.29 is 13.3 Å². The van der Waals surface area contributed by atoms with Crippen LogP contribution in [0.5, 0.6) is 0 Å². The zero-order valence-corrected chi connectivity index (χ0v) is 10.5. The number of halogens is 1. The molecule has 0 N–H and O–H groups in total. The number of hydrogen-bond acceptors (Lipinski definition) is 4. The smallest absolute Gasteiger partial charge is 0.263 e. The molecule has 0 atom stereocenters. The number of fused-ring (bicyclic) bond motifs is 1. The van der Waals surface area contributed by atoms with Gasteiger partial charge in [0.1, 0.15) is 5.69 Å². The third-order valence-electron chi connectivity index (χ3n) is 2.56. The van der Waals surface area contributed by atoms with E-state index in [1.54, 1.807) is 6.07 Å². The van der Waals surface area contributed by atoms with Gasteiger partial charge in [0.15, 0.2) is 0 Å². The van der Waals surface area contributed by atoms with Gasteiger partial charge in [-0.15, -0.1) is 0 Å². The summed E-state index contributed by atoms with van der Waals surface area (Å²) in [5.74, 6) is 0. The van der Waals surface area contributed by atoms with Crippen molar-refractivity contribution in [2.75, 3.05) is 17.1 Å². The van der Waals surface area contributed by atoms with E-state index in [1.807, 2.05) is 0 Å². The molecule has 6 nitrogen and oxygen atoms in total. The van der Waals surface area contributed by atoms with Crippen LogP contribution in [-0.4, -0.2) is 26.1 Å². The van der Waals surface area contributed by atoms with Gasteiger partial charge >= 0.3 is 0 Å². The highest BCUT2D eigenvalue weighted by Gasteiger charge is 2.33. The average molecular weight is 277 g/mol. The summed E-state index contributed by atoms with van der Waals surface area (Å²) in [6, 6.07) is 2.74. The summed E-state index contributed by atoms with van der Waals surface area (Å²) in [4.78, 5) is 10.3. The molecule has 0 aromatic heterocycles. The Morgan fingerprint density at radius 2 is 2.12 bits per heavy atom. The van der Waals surface area contributed by atoms with Crippen LogP contribution < -0.4 is 4.31 Å². The molecule has 1 aliphatic rings. The highest BCUT2D eigenvalue weighted by atomic mass is 35.5. The fraction of sp³-hybridized carbons (Fsp3) is 0.333. The zero-order valence-electron chi connectivity index (χ0n) is 8.88. The molecule has 0 spiro atoms. The van der Waals surface area contributed by atoms with Gasteiger partial charge in [-0.3, -0.25) is 14.4 Å². The lowest BCUT2D eigenvalue weighted by molar-refractivity contribution is -0.384. The molecule has 0 radical (unpaired) electrons. The van der Waals surface area contributed by atoms with E-state index >= 15 is 0 Å². The summed E-state index contributed by atoms with van der Waals surface area (Å²) >= 11 is 5.76. The van der Waals surface area contributed by atoms with Crippen LogP contribution >= 0.6 is 11.6 Å². The lowest BCUT2D eigenvalue weighted by Gasteiger charge is -2.16. The van der Waals surface area contributed by atoms with E-state index < -0.39 is 14.9 Å². The minimum Gasteiger partial charge on any atom is -0.263 e. The van der Waals surface area contributed by atoms with Crippen LogP contribution in [-0.2, 0) is 16.4 Å². The first kappa shape index (κ1) is 12.1. The first-order valence-corrected chi connectivity index (χ1v) is 6.98. The standard InChI is InChI=1S/C9H9ClN2O4S/c1-17(15,16)11-3-2-6-4-7(10)5-8(9(6)11)12(13)14/h4-5H,2-3H2,1H3. The Hall–Kier alpha value is -1.34. The minimum absolute atomic E-state index is 0.141. The topological polar surface area (TPSA) is 80.5 Å². The molecule has 1 aromatic rings. The van der Waals surface area contributed by atoms with Gasteiger partial charge in [-0.25, -0.2) is 8.42 Å². The number of nitro benzene ring substituents is 1. The first-order chi connectivity index (χ1) is 7.80. The summed E-state index contributed by atoms with van der Waals surface area (Å²) in [6.07, 6.45) is 1.46. The summed E-state index contributed by atoms with van der Waals surface area (Å²) in [5.41, 5.74) is 0.465. The SMILES string of the molecule is CS(=O)(=O)N1CCc2cc(Cl)cc([N+](=O)[O-])c21. The van der Waals surface area contributed by atoms with Crippen molar-refractivity contribution in [1.29, 1.82) is 0 Å². The van der Waals surface area contributed by atoms with Gasteiger partial charge in [0.2, 0.25) is 10.0 Å². The number of anilines is 1. The van der Waals surface area contributed by atoms with Gasteiger partial charge in [-0.1, -0.05) is 11.6 Å². The highest BCUT2D eigenvalue weighted by molar-refractivity contribution is 7.92. The molecule has 0 amide bonds. The molecular formula is C9H9ClN2O4S. The number of rotatable bonds is 2. The summed E-state index contributed by atoms with van der Waals surface area (Å²) in [5, 5.41) is 11.2. The molecule has 1 heterocycles. The fourth-order valence-electron chi connectivity index (χ4n) is 1.92. The third-order valence-corrected chi connectivity index (χ3v) is 3.95. The van der Waals surface area contributed by atoms with Crippen LogP contribution in [0.25, 0.3) is 0 Å². The highest BCUT2D eigenvalue weighted by Crippen LogP contribution is 2.40. The molecule has 8 heteroatoms. The molecule has 0 saturated carbocycles. The van der Waals surface area contributed by atoms with Crippen molar-refractivity contribution in [2.45, 2.75) is 6.42 Å². The summed E-state index contributed by atoms with van der Waals surface area (Å²) in [7, 11) is -3.50. The van der Waals surface area contributed by atoms with Crippen LogP contribution in [0, 0.1) is 10.1 Å². The van der Waals surface area contributed by atoms with Crippen molar-refractivity contribution in [1.82, 2.24) is 0 Å². The van der Waals surface area contributed by atoms with Crippen LogP contribution in [0.1, 0.15) is 5.56 Å². The second-order valence-electron chi connectivity index (χ2n) is 3.77. The van der Waals surface area contributed by atoms with E-state index in [2.05, 4.69) is 0 Å². The molecule has 1 aliphatic heterocycles.